The molecule has 3 aromatic rings. The Morgan fingerprint density at radius 1 is 1.12 bits per heavy atom. The molecule has 0 saturated heterocycles. The van der Waals surface area contributed by atoms with Gasteiger partial charge < -0.3 is 14.2 Å². The molecule has 4 rings (SSSR count). The molecule has 8 heteroatoms. The van der Waals surface area contributed by atoms with Crippen LogP contribution in [0.4, 0.5) is 11.6 Å². The highest BCUT2D eigenvalue weighted by Crippen LogP contribution is 2.37. The van der Waals surface area contributed by atoms with Gasteiger partial charge in [-0.25, -0.2) is 4.79 Å². The van der Waals surface area contributed by atoms with E-state index in [1.54, 1.807) is 14.2 Å². The van der Waals surface area contributed by atoms with Crippen LogP contribution in [0.1, 0.15) is 5.56 Å². The quantitative estimate of drug-likeness (QED) is 0.692. The Hall–Kier alpha value is -3.03. The molecule has 0 aliphatic carbocycles. The standard InChI is InChI=1S/C17H19N5O3/c1-10-5-6-12(25-4)11(9-10)21-7-8-22-13-14(18-16(21)22)19(2)17(24)20(3)15(13)23/h5-6,9H,7-8H2,1-4H3. The minimum Gasteiger partial charge on any atom is -0.495 e. The molecule has 0 N–H and O–H groups in total. The van der Waals surface area contributed by atoms with Gasteiger partial charge in [-0.2, -0.15) is 4.98 Å². The van der Waals surface area contributed by atoms with E-state index in [0.717, 1.165) is 21.6 Å². The Labute approximate surface area is 143 Å². The second-order valence-electron chi connectivity index (χ2n) is 6.27. The molecule has 25 heavy (non-hydrogen) atoms. The van der Waals surface area contributed by atoms with E-state index < -0.39 is 0 Å². The van der Waals surface area contributed by atoms with E-state index >= 15 is 0 Å². The van der Waals surface area contributed by atoms with Gasteiger partial charge in [-0.15, -0.1) is 0 Å². The summed E-state index contributed by atoms with van der Waals surface area (Å²) < 4.78 is 9.89. The third-order valence-electron chi connectivity index (χ3n) is 4.74. The van der Waals surface area contributed by atoms with E-state index in [4.69, 9.17) is 4.74 Å². The number of imidazole rings is 1. The fraction of sp³-hybridized carbons (Fsp3) is 0.353. The third kappa shape index (κ3) is 2.03. The van der Waals surface area contributed by atoms with Crippen molar-refractivity contribution in [3.63, 3.8) is 0 Å². The minimum atomic E-state index is -0.381. The summed E-state index contributed by atoms with van der Waals surface area (Å²) in [5.74, 6) is 1.39. The number of fused-ring (bicyclic) bond motifs is 3. The zero-order valence-corrected chi connectivity index (χ0v) is 14.6. The van der Waals surface area contributed by atoms with Gasteiger partial charge in [0.15, 0.2) is 11.2 Å². The van der Waals surface area contributed by atoms with Crippen LogP contribution in [-0.2, 0) is 20.6 Å². The van der Waals surface area contributed by atoms with Crippen molar-refractivity contribution in [3.8, 4) is 5.75 Å². The number of aryl methyl sites for hydroxylation is 2. The number of rotatable bonds is 2. The van der Waals surface area contributed by atoms with Crippen molar-refractivity contribution in [2.75, 3.05) is 18.6 Å². The summed E-state index contributed by atoms with van der Waals surface area (Å²) in [5, 5.41) is 0. The summed E-state index contributed by atoms with van der Waals surface area (Å²) in [6.45, 7) is 3.32. The second kappa shape index (κ2) is 5.23. The van der Waals surface area contributed by atoms with Crippen LogP contribution in [0.25, 0.3) is 11.2 Å². The normalized spacial score (nSPS) is 13.5. The van der Waals surface area contributed by atoms with Crippen molar-refractivity contribution in [2.24, 2.45) is 14.1 Å². The molecule has 2 aromatic heterocycles. The van der Waals surface area contributed by atoms with Gasteiger partial charge in [-0.05, 0) is 24.6 Å². The molecule has 0 saturated carbocycles. The molecule has 0 atom stereocenters. The monoisotopic (exact) mass is 341 g/mol. The zero-order valence-electron chi connectivity index (χ0n) is 14.6. The molecule has 1 aliphatic heterocycles. The first kappa shape index (κ1) is 15.5. The van der Waals surface area contributed by atoms with Gasteiger partial charge in [0.2, 0.25) is 5.95 Å². The molecular formula is C17H19N5O3. The van der Waals surface area contributed by atoms with Gasteiger partial charge in [0.25, 0.3) is 5.56 Å². The number of anilines is 2. The Morgan fingerprint density at radius 3 is 2.60 bits per heavy atom. The lowest BCUT2D eigenvalue weighted by Crippen LogP contribution is -2.37. The Balaban J connectivity index is 2.00. The smallest absolute Gasteiger partial charge is 0.332 e. The summed E-state index contributed by atoms with van der Waals surface area (Å²) in [6, 6.07) is 5.94. The number of aromatic nitrogens is 4. The topological polar surface area (TPSA) is 74.3 Å². The summed E-state index contributed by atoms with van der Waals surface area (Å²) in [5.41, 5.74) is 2.16. The molecule has 130 valence electrons. The summed E-state index contributed by atoms with van der Waals surface area (Å²) >= 11 is 0. The number of hydrogen-bond acceptors (Lipinski definition) is 5. The summed E-state index contributed by atoms with van der Waals surface area (Å²) in [7, 11) is 4.75. The van der Waals surface area contributed by atoms with Crippen molar-refractivity contribution >= 4 is 22.8 Å². The second-order valence-corrected chi connectivity index (χ2v) is 6.27. The summed E-state index contributed by atoms with van der Waals surface area (Å²) in [4.78, 5) is 31.4. The van der Waals surface area contributed by atoms with E-state index in [1.165, 1.54) is 11.6 Å². The maximum atomic E-state index is 12.6. The molecule has 0 radical (unpaired) electrons. The molecule has 1 aromatic carbocycles. The van der Waals surface area contributed by atoms with Crippen LogP contribution in [0.3, 0.4) is 0 Å². The molecule has 0 fully saturated rings. The predicted octanol–water partition coefficient (Wildman–Crippen LogP) is 0.902. The lowest BCUT2D eigenvalue weighted by atomic mass is 10.2. The highest BCUT2D eigenvalue weighted by molar-refractivity contribution is 5.79. The summed E-state index contributed by atoms with van der Waals surface area (Å²) in [6.07, 6.45) is 0. The first-order chi connectivity index (χ1) is 11.9. The van der Waals surface area contributed by atoms with Crippen LogP contribution in [0.5, 0.6) is 5.75 Å². The number of benzene rings is 1. The van der Waals surface area contributed by atoms with Crippen molar-refractivity contribution < 1.29 is 4.74 Å². The lowest BCUT2D eigenvalue weighted by molar-refractivity contribution is 0.415. The van der Waals surface area contributed by atoms with E-state index in [0.29, 0.717) is 30.2 Å². The number of ether oxygens (including phenoxy) is 1. The zero-order chi connectivity index (χ0) is 17.9. The molecule has 0 amide bonds. The number of methoxy groups -OCH3 is 1. The van der Waals surface area contributed by atoms with Crippen LogP contribution >= 0.6 is 0 Å². The van der Waals surface area contributed by atoms with Crippen LogP contribution in [0.2, 0.25) is 0 Å². The predicted molar refractivity (Wildman–Crippen MR) is 95.0 cm³/mol. The van der Waals surface area contributed by atoms with Gasteiger partial charge in [0.1, 0.15) is 5.75 Å². The molecule has 0 bridgehead atoms. The Morgan fingerprint density at radius 2 is 1.88 bits per heavy atom. The van der Waals surface area contributed by atoms with Gasteiger partial charge >= 0.3 is 5.69 Å². The van der Waals surface area contributed by atoms with Gasteiger partial charge in [0.05, 0.1) is 12.8 Å². The average Bonchev–Trinajstić information content (AvgIpc) is 3.17. The SMILES string of the molecule is COc1ccc(C)cc1N1CCn2c1nc1c2c(=O)n(C)c(=O)n1C. The highest BCUT2D eigenvalue weighted by Gasteiger charge is 2.29. The van der Waals surface area contributed by atoms with Crippen molar-refractivity contribution in [2.45, 2.75) is 13.5 Å². The van der Waals surface area contributed by atoms with Crippen molar-refractivity contribution in [1.29, 1.82) is 0 Å². The first-order valence-corrected chi connectivity index (χ1v) is 8.02. The molecule has 0 spiro atoms. The third-order valence-corrected chi connectivity index (χ3v) is 4.74. The Kier molecular flexibility index (Phi) is 3.24. The number of hydrogen-bond donors (Lipinski definition) is 0. The van der Waals surface area contributed by atoms with E-state index in [-0.39, 0.29) is 11.2 Å². The molecule has 1 aliphatic rings. The number of nitrogens with zero attached hydrogens (tertiary/aromatic N) is 5. The van der Waals surface area contributed by atoms with Gasteiger partial charge in [-0.3, -0.25) is 13.9 Å². The molecular weight excluding hydrogens is 322 g/mol. The maximum absolute atomic E-state index is 12.6. The van der Waals surface area contributed by atoms with Crippen molar-refractivity contribution in [3.05, 3.63) is 44.6 Å². The largest absolute Gasteiger partial charge is 0.495 e. The lowest BCUT2D eigenvalue weighted by Gasteiger charge is -2.19. The highest BCUT2D eigenvalue weighted by atomic mass is 16.5. The van der Waals surface area contributed by atoms with E-state index in [2.05, 4.69) is 4.98 Å². The van der Waals surface area contributed by atoms with Crippen LogP contribution < -0.4 is 20.9 Å². The molecule has 8 nitrogen and oxygen atoms in total. The average molecular weight is 341 g/mol. The fourth-order valence-electron chi connectivity index (χ4n) is 3.39. The van der Waals surface area contributed by atoms with Crippen molar-refractivity contribution in [1.82, 2.24) is 18.7 Å². The molecule has 0 unspecified atom stereocenters. The van der Waals surface area contributed by atoms with Gasteiger partial charge in [0, 0.05) is 27.2 Å². The minimum absolute atomic E-state index is 0.324. The van der Waals surface area contributed by atoms with Gasteiger partial charge in [-0.1, -0.05) is 6.07 Å². The van der Waals surface area contributed by atoms with E-state index in [1.807, 2.05) is 34.6 Å². The van der Waals surface area contributed by atoms with Crippen LogP contribution in [-0.4, -0.2) is 32.3 Å². The molecule has 3 heterocycles. The van der Waals surface area contributed by atoms with Crippen LogP contribution in [0, 0.1) is 6.92 Å². The van der Waals surface area contributed by atoms with Crippen LogP contribution in [0.15, 0.2) is 27.8 Å². The maximum Gasteiger partial charge on any atom is 0.332 e. The Bertz CT molecular complexity index is 1120. The first-order valence-electron chi connectivity index (χ1n) is 8.02. The van der Waals surface area contributed by atoms with E-state index in [9.17, 15) is 9.59 Å². The fourth-order valence-corrected chi connectivity index (χ4v) is 3.39.